The van der Waals surface area contributed by atoms with E-state index in [1.165, 1.54) is 6.20 Å². The van der Waals surface area contributed by atoms with Gasteiger partial charge in [0.1, 0.15) is 11.4 Å². The summed E-state index contributed by atoms with van der Waals surface area (Å²) in [7, 11) is 0. The van der Waals surface area contributed by atoms with Crippen LogP contribution in [0.25, 0.3) is 0 Å². The molecule has 1 amide bonds. The molecule has 0 spiro atoms. The minimum atomic E-state index is -0.576. The second-order valence-corrected chi connectivity index (χ2v) is 5.37. The smallest absolute Gasteiger partial charge is 0.413 e. The van der Waals surface area contributed by atoms with Crippen LogP contribution in [0.4, 0.5) is 10.6 Å². The molecule has 1 saturated carbocycles. The Kier molecular flexibility index (Phi) is 3.11. The van der Waals surface area contributed by atoms with Gasteiger partial charge in [0.15, 0.2) is 6.29 Å². The first-order valence-corrected chi connectivity index (χ1v) is 5.93. The van der Waals surface area contributed by atoms with Crippen LogP contribution in [-0.4, -0.2) is 27.8 Å². The first kappa shape index (κ1) is 12.6. The van der Waals surface area contributed by atoms with Crippen molar-refractivity contribution in [1.82, 2.24) is 9.78 Å². The minimum Gasteiger partial charge on any atom is -0.444 e. The number of aldehydes is 1. The maximum atomic E-state index is 11.7. The van der Waals surface area contributed by atoms with Crippen molar-refractivity contribution in [1.29, 1.82) is 0 Å². The number of nitrogens with one attached hydrogen (secondary N) is 1. The van der Waals surface area contributed by atoms with Crippen LogP contribution in [0, 0.1) is 0 Å². The molecule has 0 aliphatic heterocycles. The Balaban J connectivity index is 2.14. The Labute approximate surface area is 105 Å². The van der Waals surface area contributed by atoms with Crippen LogP contribution >= 0.6 is 0 Å². The normalized spacial score (nSPS) is 15.3. The summed E-state index contributed by atoms with van der Waals surface area (Å²) in [6.07, 6.45) is 3.59. The fourth-order valence-electron chi connectivity index (χ4n) is 1.59. The fraction of sp³-hybridized carbons (Fsp3) is 0.583. The van der Waals surface area contributed by atoms with Gasteiger partial charge < -0.3 is 4.74 Å². The molecule has 1 heterocycles. The molecule has 1 aliphatic carbocycles. The second-order valence-electron chi connectivity index (χ2n) is 5.37. The molecular weight excluding hydrogens is 234 g/mol. The summed E-state index contributed by atoms with van der Waals surface area (Å²) < 4.78 is 6.83. The van der Waals surface area contributed by atoms with Gasteiger partial charge in [0.25, 0.3) is 0 Å². The van der Waals surface area contributed by atoms with Crippen LogP contribution in [-0.2, 0) is 4.74 Å². The van der Waals surface area contributed by atoms with Crippen molar-refractivity contribution in [3.63, 3.8) is 0 Å². The summed E-state index contributed by atoms with van der Waals surface area (Å²) in [5.41, 5.74) is -0.205. The van der Waals surface area contributed by atoms with Crippen molar-refractivity contribution in [3.05, 3.63) is 11.8 Å². The lowest BCUT2D eigenvalue weighted by molar-refractivity contribution is 0.0634. The average Bonchev–Trinajstić information content (AvgIpc) is 2.99. The van der Waals surface area contributed by atoms with Crippen molar-refractivity contribution >= 4 is 18.2 Å². The summed E-state index contributed by atoms with van der Waals surface area (Å²) >= 11 is 0. The van der Waals surface area contributed by atoms with Crippen LogP contribution in [0.2, 0.25) is 0 Å². The van der Waals surface area contributed by atoms with Crippen LogP contribution in [0.3, 0.4) is 0 Å². The Morgan fingerprint density at radius 3 is 2.72 bits per heavy atom. The van der Waals surface area contributed by atoms with E-state index in [9.17, 15) is 9.59 Å². The SMILES string of the molecule is CC(C)(C)OC(=O)Nc1c(C=O)cnn1C1CC1. The minimum absolute atomic E-state index is 0.281. The second kappa shape index (κ2) is 4.44. The molecular formula is C12H17N3O3. The molecule has 0 bridgehead atoms. The first-order chi connectivity index (χ1) is 8.40. The zero-order valence-corrected chi connectivity index (χ0v) is 10.8. The lowest BCUT2D eigenvalue weighted by Gasteiger charge is -2.20. The molecule has 0 radical (unpaired) electrons. The number of hydrogen-bond donors (Lipinski definition) is 1. The van der Waals surface area contributed by atoms with E-state index >= 15 is 0 Å². The number of aromatic nitrogens is 2. The summed E-state index contributed by atoms with van der Waals surface area (Å²) in [6.45, 7) is 5.35. The molecule has 1 aromatic rings. The molecule has 0 saturated heterocycles. The van der Waals surface area contributed by atoms with Gasteiger partial charge in [0, 0.05) is 0 Å². The molecule has 0 unspecified atom stereocenters. The fourth-order valence-corrected chi connectivity index (χ4v) is 1.59. The third-order valence-corrected chi connectivity index (χ3v) is 2.46. The molecule has 18 heavy (non-hydrogen) atoms. The number of carbonyl (C=O) groups excluding carboxylic acids is 2. The number of amides is 1. The van der Waals surface area contributed by atoms with Gasteiger partial charge in [0.2, 0.25) is 0 Å². The molecule has 6 heteroatoms. The van der Waals surface area contributed by atoms with Gasteiger partial charge >= 0.3 is 6.09 Å². The summed E-state index contributed by atoms with van der Waals surface area (Å²) in [4.78, 5) is 22.6. The lowest BCUT2D eigenvalue weighted by atomic mass is 10.2. The summed E-state index contributed by atoms with van der Waals surface area (Å²) in [6, 6.07) is 0.281. The zero-order chi connectivity index (χ0) is 13.3. The van der Waals surface area contributed by atoms with Crippen molar-refractivity contribution in [2.24, 2.45) is 0 Å². The third-order valence-electron chi connectivity index (χ3n) is 2.46. The molecule has 1 fully saturated rings. The van der Waals surface area contributed by atoms with Crippen molar-refractivity contribution in [3.8, 4) is 0 Å². The number of rotatable bonds is 3. The Morgan fingerprint density at radius 2 is 2.22 bits per heavy atom. The van der Waals surface area contributed by atoms with Gasteiger partial charge in [-0.1, -0.05) is 0 Å². The highest BCUT2D eigenvalue weighted by atomic mass is 16.6. The summed E-state index contributed by atoms with van der Waals surface area (Å²) in [5, 5.41) is 6.71. The monoisotopic (exact) mass is 251 g/mol. The first-order valence-electron chi connectivity index (χ1n) is 5.93. The highest BCUT2D eigenvalue weighted by molar-refractivity contribution is 5.91. The predicted octanol–water partition coefficient (Wildman–Crippen LogP) is 2.38. The van der Waals surface area contributed by atoms with Gasteiger partial charge in [-0.2, -0.15) is 5.10 Å². The molecule has 0 aromatic carbocycles. The van der Waals surface area contributed by atoms with Crippen molar-refractivity contribution in [2.45, 2.75) is 45.3 Å². The Morgan fingerprint density at radius 1 is 1.56 bits per heavy atom. The van der Waals surface area contributed by atoms with Crippen LogP contribution < -0.4 is 5.32 Å². The average molecular weight is 251 g/mol. The van der Waals surface area contributed by atoms with Crippen LogP contribution in [0.15, 0.2) is 6.20 Å². The highest BCUT2D eigenvalue weighted by Gasteiger charge is 2.29. The van der Waals surface area contributed by atoms with Gasteiger partial charge in [-0.3, -0.25) is 10.1 Å². The molecule has 0 atom stereocenters. The van der Waals surface area contributed by atoms with E-state index in [4.69, 9.17) is 4.74 Å². The van der Waals surface area contributed by atoms with Gasteiger partial charge in [0.05, 0.1) is 17.8 Å². The van der Waals surface area contributed by atoms with Gasteiger partial charge in [-0.15, -0.1) is 0 Å². The van der Waals surface area contributed by atoms with E-state index in [2.05, 4.69) is 10.4 Å². The van der Waals surface area contributed by atoms with E-state index in [1.807, 2.05) is 0 Å². The van der Waals surface area contributed by atoms with E-state index < -0.39 is 11.7 Å². The Bertz CT molecular complexity index is 469. The standard InChI is InChI=1S/C12H17N3O3/c1-12(2,3)18-11(17)14-10-8(7-16)6-13-15(10)9-4-5-9/h6-7,9H,4-5H2,1-3H3,(H,14,17). The molecule has 1 aliphatic rings. The molecule has 1 aromatic heterocycles. The predicted molar refractivity (Wildman–Crippen MR) is 65.7 cm³/mol. The number of anilines is 1. The zero-order valence-electron chi connectivity index (χ0n) is 10.8. The van der Waals surface area contributed by atoms with E-state index in [1.54, 1.807) is 25.5 Å². The number of nitrogens with zero attached hydrogens (tertiary/aromatic N) is 2. The largest absolute Gasteiger partial charge is 0.444 e. The Hall–Kier alpha value is -1.85. The van der Waals surface area contributed by atoms with Gasteiger partial charge in [-0.25, -0.2) is 9.48 Å². The van der Waals surface area contributed by atoms with E-state index in [-0.39, 0.29) is 6.04 Å². The molecule has 98 valence electrons. The topological polar surface area (TPSA) is 73.2 Å². The highest BCUT2D eigenvalue weighted by Crippen LogP contribution is 2.37. The van der Waals surface area contributed by atoms with Crippen molar-refractivity contribution < 1.29 is 14.3 Å². The lowest BCUT2D eigenvalue weighted by Crippen LogP contribution is -2.28. The quantitative estimate of drug-likeness (QED) is 0.837. The van der Waals surface area contributed by atoms with Gasteiger partial charge in [-0.05, 0) is 33.6 Å². The number of ether oxygens (including phenoxy) is 1. The van der Waals surface area contributed by atoms with Crippen LogP contribution in [0.1, 0.15) is 50.0 Å². The van der Waals surface area contributed by atoms with E-state index in [0.29, 0.717) is 17.7 Å². The van der Waals surface area contributed by atoms with Crippen LogP contribution in [0.5, 0.6) is 0 Å². The summed E-state index contributed by atoms with van der Waals surface area (Å²) in [5.74, 6) is 0.418. The maximum Gasteiger partial charge on any atom is 0.413 e. The molecule has 1 N–H and O–H groups in total. The van der Waals surface area contributed by atoms with E-state index in [0.717, 1.165) is 12.8 Å². The third kappa shape index (κ3) is 2.88. The molecule has 6 nitrogen and oxygen atoms in total. The molecule has 2 rings (SSSR count). The number of carbonyl (C=O) groups is 2. The van der Waals surface area contributed by atoms with Crippen molar-refractivity contribution in [2.75, 3.05) is 5.32 Å². The maximum absolute atomic E-state index is 11.7. The number of hydrogen-bond acceptors (Lipinski definition) is 4.